The third kappa shape index (κ3) is 3.02. The van der Waals surface area contributed by atoms with Crippen molar-refractivity contribution < 1.29 is 5.11 Å². The molecule has 0 saturated heterocycles. The minimum atomic E-state index is 0.350. The second-order valence-corrected chi connectivity index (χ2v) is 5.80. The number of phenolic OH excluding ortho intramolecular Hbond substituents is 1. The molecule has 0 bridgehead atoms. The molecule has 0 aliphatic carbocycles. The lowest BCUT2D eigenvalue weighted by atomic mass is 10.0. The number of para-hydroxylation sites is 1. The SMILES string of the molecule is CCc1cccc(CC)c1NCc1c(O)ccc2ccccc12. The highest BCUT2D eigenvalue weighted by molar-refractivity contribution is 5.88. The van der Waals surface area contributed by atoms with Crippen molar-refractivity contribution in [1.29, 1.82) is 0 Å². The zero-order valence-electron chi connectivity index (χ0n) is 13.8. The first kappa shape index (κ1) is 15.4. The minimum absolute atomic E-state index is 0.350. The number of phenols is 1. The molecule has 0 atom stereocenters. The molecule has 0 saturated carbocycles. The largest absolute Gasteiger partial charge is 0.508 e. The average Bonchev–Trinajstić information content (AvgIpc) is 2.60. The Hall–Kier alpha value is -2.48. The van der Waals surface area contributed by atoms with Gasteiger partial charge in [-0.25, -0.2) is 0 Å². The quantitative estimate of drug-likeness (QED) is 0.672. The fraction of sp³-hybridized carbons (Fsp3) is 0.238. The zero-order chi connectivity index (χ0) is 16.2. The Morgan fingerprint density at radius 2 is 1.52 bits per heavy atom. The molecule has 23 heavy (non-hydrogen) atoms. The van der Waals surface area contributed by atoms with Crippen LogP contribution < -0.4 is 5.32 Å². The molecule has 0 spiro atoms. The normalized spacial score (nSPS) is 10.9. The monoisotopic (exact) mass is 305 g/mol. The topological polar surface area (TPSA) is 32.3 Å². The van der Waals surface area contributed by atoms with E-state index >= 15 is 0 Å². The number of aromatic hydroxyl groups is 1. The molecule has 0 heterocycles. The van der Waals surface area contributed by atoms with Crippen LogP contribution in [0.3, 0.4) is 0 Å². The fourth-order valence-corrected chi connectivity index (χ4v) is 3.16. The molecule has 0 radical (unpaired) electrons. The number of aryl methyl sites for hydroxylation is 2. The lowest BCUT2D eigenvalue weighted by molar-refractivity contribution is 0.470. The van der Waals surface area contributed by atoms with Crippen molar-refractivity contribution in [3.63, 3.8) is 0 Å². The van der Waals surface area contributed by atoms with E-state index in [0.717, 1.165) is 29.2 Å². The summed E-state index contributed by atoms with van der Waals surface area (Å²) in [6.07, 6.45) is 2.00. The third-order valence-electron chi connectivity index (χ3n) is 4.46. The molecule has 0 aromatic heterocycles. The van der Waals surface area contributed by atoms with Gasteiger partial charge in [0.2, 0.25) is 0 Å². The van der Waals surface area contributed by atoms with Gasteiger partial charge in [0.05, 0.1) is 0 Å². The van der Waals surface area contributed by atoms with E-state index in [0.29, 0.717) is 12.3 Å². The van der Waals surface area contributed by atoms with Crippen molar-refractivity contribution in [2.24, 2.45) is 0 Å². The number of hydrogen-bond acceptors (Lipinski definition) is 2. The second kappa shape index (κ2) is 6.74. The van der Waals surface area contributed by atoms with Gasteiger partial charge < -0.3 is 10.4 Å². The van der Waals surface area contributed by atoms with Gasteiger partial charge in [0.25, 0.3) is 0 Å². The van der Waals surface area contributed by atoms with E-state index in [1.54, 1.807) is 6.07 Å². The molecule has 3 aromatic carbocycles. The second-order valence-electron chi connectivity index (χ2n) is 5.80. The van der Waals surface area contributed by atoms with E-state index in [4.69, 9.17) is 0 Å². The van der Waals surface area contributed by atoms with E-state index in [9.17, 15) is 5.11 Å². The maximum Gasteiger partial charge on any atom is 0.121 e. The van der Waals surface area contributed by atoms with Gasteiger partial charge in [-0.3, -0.25) is 0 Å². The summed E-state index contributed by atoms with van der Waals surface area (Å²) in [5.74, 6) is 0.350. The highest BCUT2D eigenvalue weighted by atomic mass is 16.3. The number of rotatable bonds is 5. The van der Waals surface area contributed by atoms with Crippen LogP contribution in [0.15, 0.2) is 54.6 Å². The Bertz CT molecular complexity index is 801. The van der Waals surface area contributed by atoms with Crippen LogP contribution in [-0.4, -0.2) is 5.11 Å². The summed E-state index contributed by atoms with van der Waals surface area (Å²) in [5, 5.41) is 16.1. The summed E-state index contributed by atoms with van der Waals surface area (Å²) < 4.78 is 0. The predicted octanol–water partition coefficient (Wildman–Crippen LogP) is 5.28. The Balaban J connectivity index is 1.97. The predicted molar refractivity (Wildman–Crippen MR) is 98.1 cm³/mol. The van der Waals surface area contributed by atoms with Crippen molar-refractivity contribution in [1.82, 2.24) is 0 Å². The minimum Gasteiger partial charge on any atom is -0.508 e. The van der Waals surface area contributed by atoms with Gasteiger partial charge in [-0.1, -0.05) is 62.4 Å². The number of nitrogens with one attached hydrogen (secondary N) is 1. The van der Waals surface area contributed by atoms with E-state index in [2.05, 4.69) is 49.5 Å². The van der Waals surface area contributed by atoms with Crippen molar-refractivity contribution in [3.8, 4) is 5.75 Å². The maximum atomic E-state index is 10.3. The van der Waals surface area contributed by atoms with Crippen LogP contribution >= 0.6 is 0 Å². The first-order valence-electron chi connectivity index (χ1n) is 8.28. The van der Waals surface area contributed by atoms with Gasteiger partial charge in [0.15, 0.2) is 0 Å². The van der Waals surface area contributed by atoms with E-state index in [-0.39, 0.29) is 0 Å². The Morgan fingerprint density at radius 1 is 0.826 bits per heavy atom. The van der Waals surface area contributed by atoms with Gasteiger partial charge in [-0.15, -0.1) is 0 Å². The zero-order valence-corrected chi connectivity index (χ0v) is 13.8. The molecule has 3 aromatic rings. The van der Waals surface area contributed by atoms with Crippen molar-refractivity contribution in [3.05, 3.63) is 71.3 Å². The summed E-state index contributed by atoms with van der Waals surface area (Å²) in [4.78, 5) is 0. The summed E-state index contributed by atoms with van der Waals surface area (Å²) in [6.45, 7) is 4.97. The Labute approximate surface area is 137 Å². The standard InChI is InChI=1S/C21H23NO/c1-3-15-9-7-10-16(4-2)21(15)22-14-19-18-11-6-5-8-17(18)12-13-20(19)23/h5-13,22-23H,3-4,14H2,1-2H3. The first-order chi connectivity index (χ1) is 11.2. The summed E-state index contributed by atoms with van der Waals surface area (Å²) >= 11 is 0. The van der Waals surface area contributed by atoms with Gasteiger partial charge in [-0.05, 0) is 40.8 Å². The van der Waals surface area contributed by atoms with Crippen molar-refractivity contribution >= 4 is 16.5 Å². The van der Waals surface area contributed by atoms with Crippen LogP contribution in [0.4, 0.5) is 5.69 Å². The summed E-state index contributed by atoms with van der Waals surface area (Å²) in [5.41, 5.74) is 4.81. The molecule has 118 valence electrons. The van der Waals surface area contributed by atoms with Crippen molar-refractivity contribution in [2.45, 2.75) is 33.2 Å². The van der Waals surface area contributed by atoms with Crippen LogP contribution in [0.2, 0.25) is 0 Å². The number of fused-ring (bicyclic) bond motifs is 1. The van der Waals surface area contributed by atoms with Crippen LogP contribution in [0.25, 0.3) is 10.8 Å². The summed E-state index contributed by atoms with van der Waals surface area (Å²) in [6, 6.07) is 18.4. The molecule has 0 aliphatic rings. The van der Waals surface area contributed by atoms with E-state index in [1.807, 2.05) is 18.2 Å². The highest BCUT2D eigenvalue weighted by Crippen LogP contribution is 2.29. The molecule has 0 amide bonds. The average molecular weight is 305 g/mol. The van der Waals surface area contributed by atoms with Crippen LogP contribution in [0, 0.1) is 0 Å². The number of hydrogen-bond donors (Lipinski definition) is 2. The summed E-state index contributed by atoms with van der Waals surface area (Å²) in [7, 11) is 0. The van der Waals surface area contributed by atoms with E-state index in [1.165, 1.54) is 16.8 Å². The Morgan fingerprint density at radius 3 is 2.22 bits per heavy atom. The number of anilines is 1. The Kier molecular flexibility index (Phi) is 4.52. The highest BCUT2D eigenvalue weighted by Gasteiger charge is 2.10. The molecule has 2 heteroatoms. The van der Waals surface area contributed by atoms with Crippen LogP contribution in [-0.2, 0) is 19.4 Å². The molecule has 0 aliphatic heterocycles. The van der Waals surface area contributed by atoms with E-state index < -0.39 is 0 Å². The lowest BCUT2D eigenvalue weighted by Crippen LogP contribution is -2.06. The van der Waals surface area contributed by atoms with Gasteiger partial charge in [-0.2, -0.15) is 0 Å². The van der Waals surface area contributed by atoms with Crippen LogP contribution in [0.5, 0.6) is 5.75 Å². The molecule has 3 rings (SSSR count). The molecule has 0 unspecified atom stereocenters. The van der Waals surface area contributed by atoms with Gasteiger partial charge in [0, 0.05) is 17.8 Å². The molecular formula is C21H23NO. The van der Waals surface area contributed by atoms with Crippen molar-refractivity contribution in [2.75, 3.05) is 5.32 Å². The van der Waals surface area contributed by atoms with Gasteiger partial charge >= 0.3 is 0 Å². The smallest absolute Gasteiger partial charge is 0.121 e. The maximum absolute atomic E-state index is 10.3. The molecule has 0 fully saturated rings. The first-order valence-corrected chi connectivity index (χ1v) is 8.28. The molecular weight excluding hydrogens is 282 g/mol. The fourth-order valence-electron chi connectivity index (χ4n) is 3.16. The van der Waals surface area contributed by atoms with Gasteiger partial charge in [0.1, 0.15) is 5.75 Å². The molecule has 2 N–H and O–H groups in total. The molecule has 2 nitrogen and oxygen atoms in total. The van der Waals surface area contributed by atoms with Crippen LogP contribution in [0.1, 0.15) is 30.5 Å². The lowest BCUT2D eigenvalue weighted by Gasteiger charge is -2.17. The third-order valence-corrected chi connectivity index (χ3v) is 4.46. The number of benzene rings is 3.